The van der Waals surface area contributed by atoms with Crippen LogP contribution < -0.4 is 0 Å². The third-order valence-electron chi connectivity index (χ3n) is 3.07. The highest BCUT2D eigenvalue weighted by atomic mass is 19.1. The molecular formula is C19H19FO2. The SMILES string of the molecule is C=Cc1cc(-c2ccc(C(=O)OC(C)(C)C)cc2)ccc1F. The molecule has 0 spiro atoms. The summed E-state index contributed by atoms with van der Waals surface area (Å²) in [6.07, 6.45) is 1.48. The maximum Gasteiger partial charge on any atom is 0.338 e. The van der Waals surface area contributed by atoms with E-state index in [4.69, 9.17) is 4.74 Å². The summed E-state index contributed by atoms with van der Waals surface area (Å²) in [6, 6.07) is 11.9. The van der Waals surface area contributed by atoms with Gasteiger partial charge in [0.1, 0.15) is 11.4 Å². The molecule has 114 valence electrons. The van der Waals surface area contributed by atoms with Crippen molar-refractivity contribution in [1.29, 1.82) is 0 Å². The van der Waals surface area contributed by atoms with Gasteiger partial charge in [-0.1, -0.05) is 30.9 Å². The van der Waals surface area contributed by atoms with Gasteiger partial charge in [-0.05, 0) is 56.2 Å². The van der Waals surface area contributed by atoms with Crippen molar-refractivity contribution in [1.82, 2.24) is 0 Å². The largest absolute Gasteiger partial charge is 0.456 e. The second-order valence-corrected chi connectivity index (χ2v) is 6.02. The van der Waals surface area contributed by atoms with E-state index in [1.807, 2.05) is 32.9 Å². The molecule has 0 radical (unpaired) electrons. The van der Waals surface area contributed by atoms with E-state index in [2.05, 4.69) is 6.58 Å². The third-order valence-corrected chi connectivity index (χ3v) is 3.07. The van der Waals surface area contributed by atoms with Crippen LogP contribution in [-0.4, -0.2) is 11.6 Å². The van der Waals surface area contributed by atoms with Crippen LogP contribution in [0.15, 0.2) is 49.0 Å². The molecule has 2 aromatic rings. The van der Waals surface area contributed by atoms with Crippen LogP contribution in [0, 0.1) is 5.82 Å². The molecule has 22 heavy (non-hydrogen) atoms. The highest BCUT2D eigenvalue weighted by molar-refractivity contribution is 5.90. The van der Waals surface area contributed by atoms with Crippen LogP contribution in [0.1, 0.15) is 36.7 Å². The summed E-state index contributed by atoms with van der Waals surface area (Å²) in [4.78, 5) is 12.0. The van der Waals surface area contributed by atoms with Crippen molar-refractivity contribution in [2.24, 2.45) is 0 Å². The lowest BCUT2D eigenvalue weighted by Crippen LogP contribution is -2.23. The smallest absolute Gasteiger partial charge is 0.338 e. The third kappa shape index (κ3) is 3.82. The van der Waals surface area contributed by atoms with Crippen LogP contribution in [-0.2, 0) is 4.74 Å². The molecule has 0 amide bonds. The van der Waals surface area contributed by atoms with Crippen LogP contribution in [0.4, 0.5) is 4.39 Å². The first kappa shape index (κ1) is 16.0. The van der Waals surface area contributed by atoms with Crippen molar-refractivity contribution >= 4 is 12.0 Å². The molecule has 0 bridgehead atoms. The summed E-state index contributed by atoms with van der Waals surface area (Å²) in [5.74, 6) is -0.658. The molecule has 0 N–H and O–H groups in total. The summed E-state index contributed by atoms with van der Waals surface area (Å²) in [5.41, 5.74) is 2.19. The van der Waals surface area contributed by atoms with Gasteiger partial charge in [-0.2, -0.15) is 0 Å². The van der Waals surface area contributed by atoms with Crippen LogP contribution in [0.5, 0.6) is 0 Å². The van der Waals surface area contributed by atoms with E-state index in [9.17, 15) is 9.18 Å². The van der Waals surface area contributed by atoms with E-state index in [0.717, 1.165) is 11.1 Å². The highest BCUT2D eigenvalue weighted by Gasteiger charge is 2.17. The second kappa shape index (κ2) is 6.14. The molecular weight excluding hydrogens is 279 g/mol. The van der Waals surface area contributed by atoms with E-state index in [-0.39, 0.29) is 11.8 Å². The number of hydrogen-bond acceptors (Lipinski definition) is 2. The van der Waals surface area contributed by atoms with Crippen LogP contribution >= 0.6 is 0 Å². The minimum absolute atomic E-state index is 0.302. The number of ether oxygens (including phenoxy) is 1. The number of carbonyl (C=O) groups excluding carboxylic acids is 1. The normalized spacial score (nSPS) is 11.1. The van der Waals surface area contributed by atoms with Gasteiger partial charge in [-0.25, -0.2) is 9.18 Å². The van der Waals surface area contributed by atoms with Gasteiger partial charge >= 0.3 is 5.97 Å². The Morgan fingerprint density at radius 3 is 2.23 bits per heavy atom. The Hall–Kier alpha value is -2.42. The Morgan fingerprint density at radius 1 is 1.09 bits per heavy atom. The number of hydrogen-bond donors (Lipinski definition) is 0. The summed E-state index contributed by atoms with van der Waals surface area (Å²) in [5, 5.41) is 0. The van der Waals surface area contributed by atoms with E-state index >= 15 is 0 Å². The predicted molar refractivity (Wildman–Crippen MR) is 87.1 cm³/mol. The lowest BCUT2D eigenvalue weighted by Gasteiger charge is -2.19. The van der Waals surface area contributed by atoms with Crippen LogP contribution in [0.2, 0.25) is 0 Å². The fourth-order valence-electron chi connectivity index (χ4n) is 2.02. The van der Waals surface area contributed by atoms with E-state index < -0.39 is 5.60 Å². The van der Waals surface area contributed by atoms with Crippen LogP contribution in [0.3, 0.4) is 0 Å². The van der Waals surface area contributed by atoms with Crippen LogP contribution in [0.25, 0.3) is 17.2 Å². The van der Waals surface area contributed by atoms with Crippen molar-refractivity contribution in [3.8, 4) is 11.1 Å². The maximum atomic E-state index is 13.5. The first-order chi connectivity index (χ1) is 10.3. The summed E-state index contributed by atoms with van der Waals surface area (Å²) in [7, 11) is 0. The Morgan fingerprint density at radius 2 is 1.68 bits per heavy atom. The van der Waals surface area contributed by atoms with Gasteiger partial charge in [0.05, 0.1) is 5.56 Å². The van der Waals surface area contributed by atoms with Gasteiger partial charge in [0, 0.05) is 5.56 Å². The van der Waals surface area contributed by atoms with Crippen molar-refractivity contribution in [3.63, 3.8) is 0 Å². The van der Waals surface area contributed by atoms with E-state index in [0.29, 0.717) is 11.1 Å². The van der Waals surface area contributed by atoms with E-state index in [1.165, 1.54) is 12.1 Å². The molecule has 0 aliphatic rings. The van der Waals surface area contributed by atoms with Gasteiger partial charge in [0.25, 0.3) is 0 Å². The van der Waals surface area contributed by atoms with Crippen molar-refractivity contribution in [2.75, 3.05) is 0 Å². The zero-order valence-corrected chi connectivity index (χ0v) is 13.0. The van der Waals surface area contributed by atoms with Gasteiger partial charge in [0.15, 0.2) is 0 Å². The molecule has 0 unspecified atom stereocenters. The van der Waals surface area contributed by atoms with Crippen molar-refractivity contribution < 1.29 is 13.9 Å². The van der Waals surface area contributed by atoms with Gasteiger partial charge in [-0.3, -0.25) is 0 Å². The molecule has 0 aliphatic heterocycles. The number of esters is 1. The lowest BCUT2D eigenvalue weighted by molar-refractivity contribution is 0.00696. The Balaban J connectivity index is 2.25. The Labute approximate surface area is 130 Å². The molecule has 0 saturated heterocycles. The highest BCUT2D eigenvalue weighted by Crippen LogP contribution is 2.23. The average Bonchev–Trinajstić information content (AvgIpc) is 2.46. The summed E-state index contributed by atoms with van der Waals surface area (Å²) >= 11 is 0. The molecule has 0 aromatic heterocycles. The zero-order chi connectivity index (χ0) is 16.3. The monoisotopic (exact) mass is 298 g/mol. The molecule has 0 fully saturated rings. The molecule has 3 heteroatoms. The lowest BCUT2D eigenvalue weighted by atomic mass is 10.0. The quantitative estimate of drug-likeness (QED) is 0.738. The van der Waals surface area contributed by atoms with Gasteiger partial charge in [0.2, 0.25) is 0 Å². The fourth-order valence-corrected chi connectivity index (χ4v) is 2.02. The van der Waals surface area contributed by atoms with Gasteiger partial charge in [-0.15, -0.1) is 0 Å². The Bertz CT molecular complexity index is 694. The molecule has 0 aliphatic carbocycles. The minimum Gasteiger partial charge on any atom is -0.456 e. The molecule has 0 saturated carbocycles. The number of halogens is 1. The minimum atomic E-state index is -0.522. The number of rotatable bonds is 3. The molecule has 2 rings (SSSR count). The first-order valence-corrected chi connectivity index (χ1v) is 7.06. The average molecular weight is 298 g/mol. The topological polar surface area (TPSA) is 26.3 Å². The first-order valence-electron chi connectivity index (χ1n) is 7.06. The molecule has 0 heterocycles. The molecule has 2 nitrogen and oxygen atoms in total. The second-order valence-electron chi connectivity index (χ2n) is 6.02. The molecule has 0 atom stereocenters. The molecule has 2 aromatic carbocycles. The number of benzene rings is 2. The van der Waals surface area contributed by atoms with Gasteiger partial charge < -0.3 is 4.74 Å². The van der Waals surface area contributed by atoms with Crippen molar-refractivity contribution in [3.05, 3.63) is 66.0 Å². The van der Waals surface area contributed by atoms with Crippen molar-refractivity contribution in [2.45, 2.75) is 26.4 Å². The standard InChI is InChI=1S/C19H19FO2/c1-5-13-12-16(10-11-17(13)20)14-6-8-15(9-7-14)18(21)22-19(2,3)4/h5-12H,1H2,2-4H3. The van der Waals surface area contributed by atoms with E-state index in [1.54, 1.807) is 24.3 Å². The Kier molecular flexibility index (Phi) is 4.45. The summed E-state index contributed by atoms with van der Waals surface area (Å²) < 4.78 is 18.8. The maximum absolute atomic E-state index is 13.5. The number of carbonyl (C=O) groups is 1. The predicted octanol–water partition coefficient (Wildman–Crippen LogP) is 5.09. The fraction of sp³-hybridized carbons (Fsp3) is 0.211. The zero-order valence-electron chi connectivity index (χ0n) is 13.0. The summed E-state index contributed by atoms with van der Waals surface area (Å²) in [6.45, 7) is 9.08.